The molecule has 2 aromatic rings. The van der Waals surface area contributed by atoms with Crippen LogP contribution >= 0.6 is 11.3 Å². The third-order valence-electron chi connectivity index (χ3n) is 3.55. The van der Waals surface area contributed by atoms with E-state index in [0.29, 0.717) is 0 Å². The molecular weight excluding hydrogens is 306 g/mol. The normalized spacial score (nSPS) is 15.9. The Labute approximate surface area is 141 Å². The summed E-state index contributed by atoms with van der Waals surface area (Å²) in [6.45, 7) is 8.96. The Morgan fingerprint density at radius 1 is 1.39 bits per heavy atom. The predicted octanol–water partition coefficient (Wildman–Crippen LogP) is 4.55. The highest BCUT2D eigenvalue weighted by Crippen LogP contribution is 2.40. The highest BCUT2D eigenvalue weighted by Gasteiger charge is 2.33. The number of hydrogen-bond donors (Lipinski definition) is 0. The van der Waals surface area contributed by atoms with E-state index in [0.717, 1.165) is 33.7 Å². The van der Waals surface area contributed by atoms with Gasteiger partial charge in [-0.1, -0.05) is 23.5 Å². The van der Waals surface area contributed by atoms with Crippen LogP contribution in [0.25, 0.3) is 10.6 Å². The highest BCUT2D eigenvalue weighted by molar-refractivity contribution is 7.19. The van der Waals surface area contributed by atoms with Crippen molar-refractivity contribution in [1.82, 2.24) is 9.97 Å². The number of thiazole rings is 1. The fourth-order valence-corrected chi connectivity index (χ4v) is 3.51. The molecule has 1 aliphatic rings. The summed E-state index contributed by atoms with van der Waals surface area (Å²) in [6.07, 6.45) is 9.95. The van der Waals surface area contributed by atoms with Crippen molar-refractivity contribution in [3.8, 4) is 10.6 Å². The first-order valence-electron chi connectivity index (χ1n) is 7.68. The standard InChI is InChI=1S/C18H21N3OS/c1-5-6-10-21(15-11-18(3,4)22-15)17-13(2)20-16(23-17)14-8-7-9-19-12-14/h5-9,11-12H,10H2,1-4H3. The van der Waals surface area contributed by atoms with E-state index in [1.165, 1.54) is 0 Å². The Kier molecular flexibility index (Phi) is 4.22. The van der Waals surface area contributed by atoms with Crippen molar-refractivity contribution in [3.05, 3.63) is 54.3 Å². The lowest BCUT2D eigenvalue weighted by molar-refractivity contribution is 0.0233. The van der Waals surface area contributed by atoms with Gasteiger partial charge in [-0.15, -0.1) is 0 Å². The van der Waals surface area contributed by atoms with Crippen LogP contribution < -0.4 is 4.90 Å². The Morgan fingerprint density at radius 3 is 2.78 bits per heavy atom. The summed E-state index contributed by atoms with van der Waals surface area (Å²) in [7, 11) is 0. The van der Waals surface area contributed by atoms with E-state index >= 15 is 0 Å². The number of aromatic nitrogens is 2. The molecule has 0 spiro atoms. The summed E-state index contributed by atoms with van der Waals surface area (Å²) in [5, 5.41) is 2.10. The lowest BCUT2D eigenvalue weighted by Gasteiger charge is -2.39. The van der Waals surface area contributed by atoms with Gasteiger partial charge < -0.3 is 4.74 Å². The summed E-state index contributed by atoms with van der Waals surface area (Å²) < 4.78 is 5.93. The minimum absolute atomic E-state index is 0.186. The number of rotatable bonds is 5. The van der Waals surface area contributed by atoms with E-state index < -0.39 is 0 Å². The zero-order valence-corrected chi connectivity index (χ0v) is 14.7. The number of hydrogen-bond acceptors (Lipinski definition) is 5. The SMILES string of the molecule is CC=CCN(C1=CC(C)(C)O1)c1sc(-c2cccnc2)nc1C. The van der Waals surface area contributed by atoms with Gasteiger partial charge in [-0.2, -0.15) is 0 Å². The Bertz CT molecular complexity index is 747. The van der Waals surface area contributed by atoms with Crippen molar-refractivity contribution in [1.29, 1.82) is 0 Å². The number of pyridine rings is 1. The summed E-state index contributed by atoms with van der Waals surface area (Å²) >= 11 is 1.67. The molecule has 0 saturated heterocycles. The molecule has 4 nitrogen and oxygen atoms in total. The molecule has 5 heteroatoms. The first-order chi connectivity index (χ1) is 11.0. The molecule has 0 amide bonds. The minimum atomic E-state index is -0.186. The number of nitrogens with zero attached hydrogens (tertiary/aromatic N) is 3. The van der Waals surface area contributed by atoms with Gasteiger partial charge in [0.1, 0.15) is 15.6 Å². The van der Waals surface area contributed by atoms with Gasteiger partial charge in [-0.3, -0.25) is 9.88 Å². The summed E-state index contributed by atoms with van der Waals surface area (Å²) in [5.41, 5.74) is 1.86. The maximum atomic E-state index is 5.93. The van der Waals surface area contributed by atoms with Crippen LogP contribution in [0.5, 0.6) is 0 Å². The fourth-order valence-electron chi connectivity index (χ4n) is 2.44. The molecule has 0 aliphatic carbocycles. The maximum absolute atomic E-state index is 5.93. The topological polar surface area (TPSA) is 38.2 Å². The van der Waals surface area contributed by atoms with Gasteiger partial charge in [-0.25, -0.2) is 4.98 Å². The zero-order valence-electron chi connectivity index (χ0n) is 13.9. The second-order valence-electron chi connectivity index (χ2n) is 6.02. The van der Waals surface area contributed by atoms with E-state index in [1.54, 1.807) is 17.5 Å². The molecule has 0 saturated carbocycles. The number of allylic oxidation sites excluding steroid dienone is 1. The lowest BCUT2D eigenvalue weighted by atomic mass is 10.1. The molecule has 0 radical (unpaired) electrons. The lowest BCUT2D eigenvalue weighted by Crippen LogP contribution is -2.39. The molecule has 23 heavy (non-hydrogen) atoms. The molecule has 0 atom stereocenters. The number of anilines is 1. The zero-order chi connectivity index (χ0) is 16.4. The molecule has 120 valence electrons. The second-order valence-corrected chi connectivity index (χ2v) is 7.00. The van der Waals surface area contributed by atoms with Gasteiger partial charge in [0.25, 0.3) is 0 Å². The van der Waals surface area contributed by atoms with Crippen molar-refractivity contribution in [2.24, 2.45) is 0 Å². The predicted molar refractivity (Wildman–Crippen MR) is 95.5 cm³/mol. The Hall–Kier alpha value is -2.14. The van der Waals surface area contributed by atoms with Gasteiger partial charge in [-0.05, 0) is 39.8 Å². The highest BCUT2D eigenvalue weighted by atomic mass is 32.1. The molecule has 1 aliphatic heterocycles. The molecule has 2 aromatic heterocycles. The first-order valence-corrected chi connectivity index (χ1v) is 8.50. The molecule has 0 aromatic carbocycles. The van der Waals surface area contributed by atoms with Crippen LogP contribution in [0.15, 0.2) is 48.6 Å². The van der Waals surface area contributed by atoms with E-state index in [-0.39, 0.29) is 5.60 Å². The van der Waals surface area contributed by atoms with Crippen molar-refractivity contribution in [2.75, 3.05) is 11.4 Å². The monoisotopic (exact) mass is 327 g/mol. The quantitative estimate of drug-likeness (QED) is 0.755. The van der Waals surface area contributed by atoms with Crippen LogP contribution in [0.4, 0.5) is 5.00 Å². The van der Waals surface area contributed by atoms with E-state index in [9.17, 15) is 0 Å². The average molecular weight is 327 g/mol. The van der Waals surface area contributed by atoms with Gasteiger partial charge in [0.2, 0.25) is 0 Å². The van der Waals surface area contributed by atoms with E-state index in [1.807, 2.05) is 32.2 Å². The van der Waals surface area contributed by atoms with Gasteiger partial charge in [0, 0.05) is 30.6 Å². The van der Waals surface area contributed by atoms with Crippen LogP contribution in [0.1, 0.15) is 26.5 Å². The van der Waals surface area contributed by atoms with Crippen LogP contribution in [0.3, 0.4) is 0 Å². The Morgan fingerprint density at radius 2 is 2.17 bits per heavy atom. The van der Waals surface area contributed by atoms with E-state index in [2.05, 4.69) is 42.0 Å². The third kappa shape index (κ3) is 3.29. The maximum Gasteiger partial charge on any atom is 0.195 e. The summed E-state index contributed by atoms with van der Waals surface area (Å²) in [5.74, 6) is 0.901. The molecule has 0 unspecified atom stereocenters. The van der Waals surface area contributed by atoms with E-state index in [4.69, 9.17) is 9.72 Å². The molecule has 0 bridgehead atoms. The van der Waals surface area contributed by atoms with Crippen molar-refractivity contribution < 1.29 is 4.74 Å². The average Bonchev–Trinajstić information content (AvgIpc) is 2.89. The number of ether oxygens (including phenoxy) is 1. The van der Waals surface area contributed by atoms with Gasteiger partial charge in [0.05, 0.1) is 5.69 Å². The molecule has 3 rings (SSSR count). The number of aryl methyl sites for hydroxylation is 1. The minimum Gasteiger partial charge on any atom is -0.468 e. The molecular formula is C18H21N3OS. The molecule has 0 N–H and O–H groups in total. The van der Waals surface area contributed by atoms with Crippen LogP contribution in [-0.4, -0.2) is 22.1 Å². The molecule has 3 heterocycles. The Balaban J connectivity index is 1.95. The fraction of sp³-hybridized carbons (Fsp3) is 0.333. The van der Waals surface area contributed by atoms with Gasteiger partial charge in [0.15, 0.2) is 5.88 Å². The van der Waals surface area contributed by atoms with Crippen molar-refractivity contribution >= 4 is 16.3 Å². The van der Waals surface area contributed by atoms with Crippen molar-refractivity contribution in [3.63, 3.8) is 0 Å². The second kappa shape index (κ2) is 6.16. The van der Waals surface area contributed by atoms with Gasteiger partial charge >= 0.3 is 0 Å². The smallest absolute Gasteiger partial charge is 0.195 e. The first kappa shape index (κ1) is 15.7. The third-order valence-corrected chi connectivity index (χ3v) is 4.78. The van der Waals surface area contributed by atoms with Crippen LogP contribution in [0.2, 0.25) is 0 Å². The molecule has 0 fully saturated rings. The largest absolute Gasteiger partial charge is 0.468 e. The summed E-state index contributed by atoms with van der Waals surface area (Å²) in [6, 6.07) is 3.97. The summed E-state index contributed by atoms with van der Waals surface area (Å²) in [4.78, 5) is 11.1. The van der Waals surface area contributed by atoms with Crippen LogP contribution in [0, 0.1) is 6.92 Å². The van der Waals surface area contributed by atoms with Crippen molar-refractivity contribution in [2.45, 2.75) is 33.3 Å². The van der Waals surface area contributed by atoms with Crippen LogP contribution in [-0.2, 0) is 4.74 Å².